The summed E-state index contributed by atoms with van der Waals surface area (Å²) in [5.41, 5.74) is 0. The number of carbonyl (C=O) groups is 2. The van der Waals surface area contributed by atoms with Gasteiger partial charge in [0.25, 0.3) is 0 Å². The van der Waals surface area contributed by atoms with Gasteiger partial charge >= 0.3 is 12.0 Å². The number of urea groups is 1. The van der Waals surface area contributed by atoms with Crippen LogP contribution in [0.5, 0.6) is 0 Å². The SMILES string of the molecule is CC(C)CCOCCNC(=O)NCCOCC(=O)O. The lowest BCUT2D eigenvalue weighted by molar-refractivity contribution is -0.142. The van der Waals surface area contributed by atoms with Crippen molar-refractivity contribution in [2.45, 2.75) is 20.3 Å². The van der Waals surface area contributed by atoms with Gasteiger partial charge in [0.2, 0.25) is 0 Å². The van der Waals surface area contributed by atoms with Crippen LogP contribution in [-0.4, -0.2) is 56.6 Å². The van der Waals surface area contributed by atoms with E-state index in [0.717, 1.165) is 6.42 Å². The minimum absolute atomic E-state index is 0.171. The molecule has 0 saturated heterocycles. The molecule has 0 atom stereocenters. The van der Waals surface area contributed by atoms with Crippen molar-refractivity contribution in [3.63, 3.8) is 0 Å². The van der Waals surface area contributed by atoms with E-state index < -0.39 is 5.97 Å². The molecule has 0 aromatic carbocycles. The molecule has 0 aromatic heterocycles. The zero-order valence-corrected chi connectivity index (χ0v) is 11.6. The monoisotopic (exact) mass is 276 g/mol. The van der Waals surface area contributed by atoms with Crippen molar-refractivity contribution in [3.8, 4) is 0 Å². The molecule has 0 bridgehead atoms. The Labute approximate surface area is 113 Å². The van der Waals surface area contributed by atoms with Gasteiger partial charge in [-0.15, -0.1) is 0 Å². The summed E-state index contributed by atoms with van der Waals surface area (Å²) in [6.45, 7) is 5.97. The molecule has 0 spiro atoms. The molecular formula is C12H24N2O5. The van der Waals surface area contributed by atoms with Crippen molar-refractivity contribution in [3.05, 3.63) is 0 Å². The van der Waals surface area contributed by atoms with Crippen molar-refractivity contribution in [1.29, 1.82) is 0 Å². The first-order chi connectivity index (χ1) is 9.02. The van der Waals surface area contributed by atoms with Gasteiger partial charge in [0.05, 0.1) is 13.2 Å². The molecule has 0 aliphatic heterocycles. The fraction of sp³-hybridized carbons (Fsp3) is 0.833. The van der Waals surface area contributed by atoms with Crippen LogP contribution in [-0.2, 0) is 14.3 Å². The lowest BCUT2D eigenvalue weighted by atomic mass is 10.1. The molecule has 0 radical (unpaired) electrons. The van der Waals surface area contributed by atoms with Crippen molar-refractivity contribution in [1.82, 2.24) is 10.6 Å². The minimum Gasteiger partial charge on any atom is -0.480 e. The third kappa shape index (κ3) is 14.6. The van der Waals surface area contributed by atoms with Crippen LogP contribution in [0.2, 0.25) is 0 Å². The summed E-state index contributed by atoms with van der Waals surface area (Å²) in [5.74, 6) is -0.412. The molecule has 0 aliphatic rings. The first-order valence-corrected chi connectivity index (χ1v) is 6.41. The summed E-state index contributed by atoms with van der Waals surface area (Å²) in [6.07, 6.45) is 1.01. The van der Waals surface area contributed by atoms with Crippen LogP contribution in [0.25, 0.3) is 0 Å². The van der Waals surface area contributed by atoms with Crippen LogP contribution in [0.15, 0.2) is 0 Å². The number of rotatable bonds is 11. The molecule has 7 nitrogen and oxygen atoms in total. The van der Waals surface area contributed by atoms with Gasteiger partial charge in [0.1, 0.15) is 6.61 Å². The lowest BCUT2D eigenvalue weighted by Crippen LogP contribution is -2.39. The summed E-state index contributed by atoms with van der Waals surface area (Å²) in [6, 6.07) is -0.314. The Morgan fingerprint density at radius 1 is 1.05 bits per heavy atom. The smallest absolute Gasteiger partial charge is 0.329 e. The highest BCUT2D eigenvalue weighted by Gasteiger charge is 2.00. The number of aliphatic carboxylic acids is 1. The third-order valence-electron chi connectivity index (χ3n) is 2.13. The largest absolute Gasteiger partial charge is 0.480 e. The van der Waals surface area contributed by atoms with Crippen LogP contribution in [0.4, 0.5) is 4.79 Å². The molecule has 0 aliphatic carbocycles. The van der Waals surface area contributed by atoms with Crippen molar-refractivity contribution >= 4 is 12.0 Å². The summed E-state index contributed by atoms with van der Waals surface area (Å²) in [4.78, 5) is 21.4. The average Bonchev–Trinajstić information content (AvgIpc) is 2.32. The molecule has 0 saturated carbocycles. The zero-order chi connectivity index (χ0) is 14.5. The molecule has 0 fully saturated rings. The topological polar surface area (TPSA) is 96.9 Å². The number of amides is 2. The van der Waals surface area contributed by atoms with E-state index in [0.29, 0.717) is 25.7 Å². The summed E-state index contributed by atoms with van der Waals surface area (Å²) in [5, 5.41) is 13.5. The predicted octanol–water partition coefficient (Wildman–Crippen LogP) is 0.450. The second kappa shape index (κ2) is 11.7. The van der Waals surface area contributed by atoms with Gasteiger partial charge in [-0.1, -0.05) is 13.8 Å². The Bertz CT molecular complexity index is 259. The van der Waals surface area contributed by atoms with Gasteiger partial charge in [-0.25, -0.2) is 9.59 Å². The van der Waals surface area contributed by atoms with Gasteiger partial charge < -0.3 is 25.2 Å². The number of ether oxygens (including phenoxy) is 2. The number of carbonyl (C=O) groups excluding carboxylic acids is 1. The first-order valence-electron chi connectivity index (χ1n) is 6.41. The normalized spacial score (nSPS) is 10.5. The van der Waals surface area contributed by atoms with Crippen molar-refractivity contribution in [2.24, 2.45) is 5.92 Å². The van der Waals surface area contributed by atoms with E-state index in [9.17, 15) is 9.59 Å². The van der Waals surface area contributed by atoms with Crippen LogP contribution < -0.4 is 10.6 Å². The fourth-order valence-electron chi connectivity index (χ4n) is 1.12. The molecule has 2 amide bonds. The fourth-order valence-corrected chi connectivity index (χ4v) is 1.12. The van der Waals surface area contributed by atoms with E-state index >= 15 is 0 Å². The Morgan fingerprint density at radius 2 is 1.63 bits per heavy atom. The number of carboxylic acid groups (broad SMARTS) is 1. The number of nitrogens with one attached hydrogen (secondary N) is 2. The maximum atomic E-state index is 11.2. The predicted molar refractivity (Wildman–Crippen MR) is 70.1 cm³/mol. The van der Waals surface area contributed by atoms with Gasteiger partial charge in [0.15, 0.2) is 0 Å². The van der Waals surface area contributed by atoms with Crippen LogP contribution in [0.3, 0.4) is 0 Å². The molecular weight excluding hydrogens is 252 g/mol. The maximum Gasteiger partial charge on any atom is 0.329 e. The van der Waals surface area contributed by atoms with E-state index in [1.54, 1.807) is 0 Å². The summed E-state index contributed by atoms with van der Waals surface area (Å²) >= 11 is 0. The van der Waals surface area contributed by atoms with E-state index in [2.05, 4.69) is 24.5 Å². The lowest BCUT2D eigenvalue weighted by Gasteiger charge is -2.09. The van der Waals surface area contributed by atoms with Gasteiger partial charge in [-0.2, -0.15) is 0 Å². The minimum atomic E-state index is -1.03. The highest BCUT2D eigenvalue weighted by Crippen LogP contribution is 1.98. The summed E-state index contributed by atoms with van der Waals surface area (Å²) in [7, 11) is 0. The molecule has 7 heteroatoms. The Morgan fingerprint density at radius 3 is 2.16 bits per heavy atom. The summed E-state index contributed by atoms with van der Waals surface area (Å²) < 4.78 is 10.1. The van der Waals surface area contributed by atoms with Gasteiger partial charge in [-0.3, -0.25) is 0 Å². The van der Waals surface area contributed by atoms with Crippen molar-refractivity contribution in [2.75, 3.05) is 39.5 Å². The quantitative estimate of drug-likeness (QED) is 0.476. The van der Waals surface area contributed by atoms with Crippen molar-refractivity contribution < 1.29 is 24.2 Å². The number of hydrogen-bond acceptors (Lipinski definition) is 4. The molecule has 3 N–H and O–H groups in total. The highest BCUT2D eigenvalue weighted by atomic mass is 16.5. The Hall–Kier alpha value is -1.34. The zero-order valence-electron chi connectivity index (χ0n) is 11.6. The molecule has 0 aromatic rings. The standard InChI is InChI=1S/C12H24N2O5/c1-10(2)3-6-18-7-4-13-12(17)14-5-8-19-9-11(15)16/h10H,3-9H2,1-2H3,(H,15,16)(H2,13,14,17). The number of carboxylic acids is 1. The molecule has 0 rings (SSSR count). The highest BCUT2D eigenvalue weighted by molar-refractivity contribution is 5.73. The van der Waals surface area contributed by atoms with Gasteiger partial charge in [0, 0.05) is 19.7 Å². The molecule has 19 heavy (non-hydrogen) atoms. The Kier molecular flexibility index (Phi) is 10.9. The molecule has 0 unspecified atom stereocenters. The average molecular weight is 276 g/mol. The van der Waals surface area contributed by atoms with Crippen LogP contribution in [0.1, 0.15) is 20.3 Å². The van der Waals surface area contributed by atoms with Crippen LogP contribution in [0, 0.1) is 5.92 Å². The first kappa shape index (κ1) is 17.7. The number of hydrogen-bond donors (Lipinski definition) is 3. The van der Waals surface area contributed by atoms with Crippen LogP contribution >= 0.6 is 0 Å². The second-order valence-electron chi connectivity index (χ2n) is 4.42. The van der Waals surface area contributed by atoms with E-state index in [1.165, 1.54) is 0 Å². The Balaban J connectivity index is 3.23. The van der Waals surface area contributed by atoms with Gasteiger partial charge in [-0.05, 0) is 12.3 Å². The molecule has 0 heterocycles. The third-order valence-corrected chi connectivity index (χ3v) is 2.13. The van der Waals surface area contributed by atoms with E-state index in [-0.39, 0.29) is 25.8 Å². The van der Waals surface area contributed by atoms with E-state index in [1.807, 2.05) is 0 Å². The maximum absolute atomic E-state index is 11.2. The second-order valence-corrected chi connectivity index (χ2v) is 4.42. The molecule has 112 valence electrons. The van der Waals surface area contributed by atoms with E-state index in [4.69, 9.17) is 14.6 Å².